The van der Waals surface area contributed by atoms with Crippen molar-refractivity contribution in [3.63, 3.8) is 0 Å². The number of ether oxygens (including phenoxy) is 1. The summed E-state index contributed by atoms with van der Waals surface area (Å²) in [5, 5.41) is 1.42. The number of nitrogens with two attached hydrogens (primary N) is 1. The standard InChI is InChI=1S/C13H16ClN3O/c1-7(2)10-5-12(17-15)8-4-9(14)13(18-3)6-11(8)16-10/h4-7H,15H2,1-3H3,(H,16,17). The zero-order valence-electron chi connectivity index (χ0n) is 10.6. The predicted octanol–water partition coefficient (Wildman–Crippen LogP) is 3.31. The summed E-state index contributed by atoms with van der Waals surface area (Å²) in [4.78, 5) is 4.60. The average Bonchev–Trinajstić information content (AvgIpc) is 2.36. The summed E-state index contributed by atoms with van der Waals surface area (Å²) in [7, 11) is 1.58. The van der Waals surface area contributed by atoms with Gasteiger partial charge in [-0.1, -0.05) is 25.4 Å². The number of nitrogens with one attached hydrogen (secondary N) is 1. The number of hydrogen-bond donors (Lipinski definition) is 2. The third-order valence-electron chi connectivity index (χ3n) is 2.85. The van der Waals surface area contributed by atoms with E-state index in [4.69, 9.17) is 22.2 Å². The van der Waals surface area contributed by atoms with Crippen LogP contribution in [0.5, 0.6) is 5.75 Å². The molecule has 0 amide bonds. The van der Waals surface area contributed by atoms with Gasteiger partial charge in [0.15, 0.2) is 0 Å². The molecule has 96 valence electrons. The first-order chi connectivity index (χ1) is 8.56. The number of aromatic nitrogens is 1. The lowest BCUT2D eigenvalue weighted by molar-refractivity contribution is 0.415. The molecule has 18 heavy (non-hydrogen) atoms. The third kappa shape index (κ3) is 2.21. The highest BCUT2D eigenvalue weighted by molar-refractivity contribution is 6.33. The minimum Gasteiger partial charge on any atom is -0.495 e. The van der Waals surface area contributed by atoms with Crippen molar-refractivity contribution in [3.05, 3.63) is 28.9 Å². The van der Waals surface area contributed by atoms with Gasteiger partial charge in [-0.3, -0.25) is 10.8 Å². The minimum atomic E-state index is 0.322. The van der Waals surface area contributed by atoms with Gasteiger partial charge < -0.3 is 10.2 Å². The normalized spacial score (nSPS) is 11.0. The molecule has 0 radical (unpaired) electrons. The van der Waals surface area contributed by atoms with E-state index in [2.05, 4.69) is 24.3 Å². The lowest BCUT2D eigenvalue weighted by Crippen LogP contribution is -2.09. The maximum atomic E-state index is 6.11. The topological polar surface area (TPSA) is 60.2 Å². The molecule has 0 aliphatic rings. The first-order valence-electron chi connectivity index (χ1n) is 5.71. The maximum absolute atomic E-state index is 6.11. The number of rotatable bonds is 3. The van der Waals surface area contributed by atoms with Crippen LogP contribution in [0.25, 0.3) is 10.9 Å². The summed E-state index contributed by atoms with van der Waals surface area (Å²) in [6, 6.07) is 5.57. The molecule has 1 aromatic heterocycles. The van der Waals surface area contributed by atoms with E-state index in [9.17, 15) is 0 Å². The fourth-order valence-electron chi connectivity index (χ4n) is 1.82. The van der Waals surface area contributed by atoms with Gasteiger partial charge in [-0.15, -0.1) is 0 Å². The van der Waals surface area contributed by atoms with Gasteiger partial charge in [0.25, 0.3) is 0 Å². The van der Waals surface area contributed by atoms with E-state index in [0.29, 0.717) is 16.7 Å². The van der Waals surface area contributed by atoms with Gasteiger partial charge in [0.2, 0.25) is 0 Å². The molecule has 4 nitrogen and oxygen atoms in total. The number of anilines is 1. The van der Waals surface area contributed by atoms with Crippen molar-refractivity contribution in [1.82, 2.24) is 4.98 Å². The van der Waals surface area contributed by atoms with Crippen molar-refractivity contribution in [2.75, 3.05) is 12.5 Å². The van der Waals surface area contributed by atoms with Gasteiger partial charge in [-0.05, 0) is 18.1 Å². The van der Waals surface area contributed by atoms with Crippen LogP contribution in [-0.4, -0.2) is 12.1 Å². The second kappa shape index (κ2) is 5.00. The van der Waals surface area contributed by atoms with Crippen LogP contribution in [-0.2, 0) is 0 Å². The van der Waals surface area contributed by atoms with Gasteiger partial charge in [-0.25, -0.2) is 0 Å². The smallest absolute Gasteiger partial charge is 0.139 e. The summed E-state index contributed by atoms with van der Waals surface area (Å²) in [5.74, 6) is 6.49. The molecule has 2 rings (SSSR count). The number of benzene rings is 1. The number of nitrogens with zero attached hydrogens (tertiary/aromatic N) is 1. The first kappa shape index (κ1) is 12.9. The Balaban J connectivity index is 2.75. The van der Waals surface area contributed by atoms with E-state index in [-0.39, 0.29) is 0 Å². The molecule has 0 fully saturated rings. The molecule has 0 saturated carbocycles. The van der Waals surface area contributed by atoms with Gasteiger partial charge in [0.1, 0.15) is 5.75 Å². The van der Waals surface area contributed by atoms with Gasteiger partial charge >= 0.3 is 0 Å². The monoisotopic (exact) mass is 265 g/mol. The number of nitrogen functional groups attached to an aromatic ring is 1. The summed E-state index contributed by atoms with van der Waals surface area (Å²) in [5.41, 5.74) is 5.29. The number of pyridine rings is 1. The Kier molecular flexibility index (Phi) is 3.59. The van der Waals surface area contributed by atoms with Gasteiger partial charge in [0.05, 0.1) is 23.3 Å². The molecule has 3 N–H and O–H groups in total. The van der Waals surface area contributed by atoms with Crippen molar-refractivity contribution >= 4 is 28.2 Å². The number of methoxy groups -OCH3 is 1. The molecule has 1 aromatic carbocycles. The average molecular weight is 266 g/mol. The molecule has 0 aliphatic carbocycles. The van der Waals surface area contributed by atoms with Crippen LogP contribution in [0.2, 0.25) is 5.02 Å². The Morgan fingerprint density at radius 1 is 1.33 bits per heavy atom. The van der Waals surface area contributed by atoms with Crippen LogP contribution >= 0.6 is 11.6 Å². The molecule has 0 bridgehead atoms. The van der Waals surface area contributed by atoms with Gasteiger partial charge in [-0.2, -0.15) is 0 Å². The number of hydrogen-bond acceptors (Lipinski definition) is 4. The maximum Gasteiger partial charge on any atom is 0.139 e. The largest absolute Gasteiger partial charge is 0.495 e. The number of halogens is 1. The van der Waals surface area contributed by atoms with Crippen molar-refractivity contribution in [2.45, 2.75) is 19.8 Å². The summed E-state index contributed by atoms with van der Waals surface area (Å²) in [6.07, 6.45) is 0. The quantitative estimate of drug-likeness (QED) is 0.660. The van der Waals surface area contributed by atoms with Crippen molar-refractivity contribution in [1.29, 1.82) is 0 Å². The SMILES string of the molecule is COc1cc2nc(C(C)C)cc(NN)c2cc1Cl. The molecule has 0 saturated heterocycles. The fourth-order valence-corrected chi connectivity index (χ4v) is 2.06. The molecule has 0 atom stereocenters. The second-order valence-electron chi connectivity index (χ2n) is 4.40. The highest BCUT2D eigenvalue weighted by Crippen LogP contribution is 2.33. The Morgan fingerprint density at radius 2 is 2.06 bits per heavy atom. The van der Waals surface area contributed by atoms with E-state index in [0.717, 1.165) is 22.3 Å². The highest BCUT2D eigenvalue weighted by atomic mass is 35.5. The molecule has 0 unspecified atom stereocenters. The van der Waals surface area contributed by atoms with E-state index in [1.165, 1.54) is 0 Å². The molecular weight excluding hydrogens is 250 g/mol. The van der Waals surface area contributed by atoms with Crippen LogP contribution in [0.3, 0.4) is 0 Å². The van der Waals surface area contributed by atoms with Crippen LogP contribution in [0, 0.1) is 0 Å². The van der Waals surface area contributed by atoms with Crippen LogP contribution < -0.4 is 16.0 Å². The zero-order chi connectivity index (χ0) is 13.3. The molecule has 5 heteroatoms. The van der Waals surface area contributed by atoms with Crippen molar-refractivity contribution < 1.29 is 4.74 Å². The summed E-state index contributed by atoms with van der Waals surface area (Å²) < 4.78 is 5.20. The molecule has 1 heterocycles. The lowest BCUT2D eigenvalue weighted by atomic mass is 10.1. The first-order valence-corrected chi connectivity index (χ1v) is 6.09. The zero-order valence-corrected chi connectivity index (χ0v) is 11.4. The Morgan fingerprint density at radius 3 is 2.61 bits per heavy atom. The molecular formula is C13H16ClN3O. The van der Waals surface area contributed by atoms with Crippen molar-refractivity contribution in [2.24, 2.45) is 5.84 Å². The number of hydrazine groups is 1. The van der Waals surface area contributed by atoms with E-state index in [1.807, 2.05) is 18.2 Å². The lowest BCUT2D eigenvalue weighted by Gasteiger charge is -2.12. The van der Waals surface area contributed by atoms with E-state index >= 15 is 0 Å². The summed E-state index contributed by atoms with van der Waals surface area (Å²) in [6.45, 7) is 4.17. The van der Waals surface area contributed by atoms with E-state index < -0.39 is 0 Å². The minimum absolute atomic E-state index is 0.322. The molecule has 0 spiro atoms. The third-order valence-corrected chi connectivity index (χ3v) is 3.14. The van der Waals surface area contributed by atoms with Gasteiger partial charge in [0, 0.05) is 17.1 Å². The van der Waals surface area contributed by atoms with E-state index in [1.54, 1.807) is 7.11 Å². The van der Waals surface area contributed by atoms with Crippen molar-refractivity contribution in [3.8, 4) is 5.75 Å². The number of fused-ring (bicyclic) bond motifs is 1. The summed E-state index contributed by atoms with van der Waals surface area (Å²) >= 11 is 6.11. The van der Waals surface area contributed by atoms with Crippen LogP contribution in [0.1, 0.15) is 25.5 Å². The highest BCUT2D eigenvalue weighted by Gasteiger charge is 2.11. The second-order valence-corrected chi connectivity index (χ2v) is 4.80. The van der Waals surface area contributed by atoms with Crippen LogP contribution in [0.15, 0.2) is 18.2 Å². The molecule has 0 aliphatic heterocycles. The Labute approximate surface area is 111 Å². The predicted molar refractivity (Wildman–Crippen MR) is 75.2 cm³/mol. The Hall–Kier alpha value is -1.52. The van der Waals surface area contributed by atoms with Crippen LogP contribution in [0.4, 0.5) is 5.69 Å². The Bertz CT molecular complexity index is 584. The molecule has 2 aromatic rings. The fraction of sp³-hybridized carbons (Fsp3) is 0.308.